The fourth-order valence-electron chi connectivity index (χ4n) is 2.22. The molecule has 2 unspecified atom stereocenters. The van der Waals surface area contributed by atoms with Crippen LogP contribution in [0.2, 0.25) is 0 Å². The minimum Gasteiger partial charge on any atom is -0.369 e. The van der Waals surface area contributed by atoms with Crippen LogP contribution in [0.15, 0.2) is 18.7 Å². The van der Waals surface area contributed by atoms with E-state index in [1.165, 1.54) is 0 Å². The first-order chi connectivity index (χ1) is 7.42. The van der Waals surface area contributed by atoms with Crippen molar-refractivity contribution in [2.24, 2.45) is 0 Å². The molecule has 2 aliphatic heterocycles. The third-order valence-electron chi connectivity index (χ3n) is 2.89. The van der Waals surface area contributed by atoms with Crippen LogP contribution >= 0.6 is 0 Å². The summed E-state index contributed by atoms with van der Waals surface area (Å²) in [6, 6.07) is 0. The zero-order valence-corrected chi connectivity index (χ0v) is 8.47. The molecule has 5 heteroatoms. The van der Waals surface area contributed by atoms with Crippen molar-refractivity contribution in [2.75, 3.05) is 31.1 Å². The minimum absolute atomic E-state index is 0.303. The standard InChI is InChI=1S/C10H14N4O/c1-8(2-13-7-12-1)14-5-9-3-11-4-10(6-14)15-9/h1-2,7,9-11H,3-6H2. The van der Waals surface area contributed by atoms with Crippen LogP contribution in [-0.2, 0) is 4.74 Å². The summed E-state index contributed by atoms with van der Waals surface area (Å²) in [6.45, 7) is 3.75. The monoisotopic (exact) mass is 206 g/mol. The van der Waals surface area contributed by atoms with Crippen LogP contribution < -0.4 is 10.2 Å². The lowest BCUT2D eigenvalue weighted by atomic mass is 10.1. The van der Waals surface area contributed by atoms with Gasteiger partial charge in [-0.3, -0.25) is 0 Å². The molecule has 15 heavy (non-hydrogen) atoms. The molecular formula is C10H14N4O. The molecule has 1 aromatic heterocycles. The van der Waals surface area contributed by atoms with Gasteiger partial charge < -0.3 is 15.0 Å². The lowest BCUT2D eigenvalue weighted by Crippen LogP contribution is -2.58. The fraction of sp³-hybridized carbons (Fsp3) is 0.600. The molecule has 2 aliphatic rings. The quantitative estimate of drug-likeness (QED) is 0.681. The molecule has 0 amide bonds. The van der Waals surface area contributed by atoms with Crippen molar-refractivity contribution in [2.45, 2.75) is 12.2 Å². The van der Waals surface area contributed by atoms with Gasteiger partial charge in [0.2, 0.25) is 0 Å². The molecule has 3 rings (SSSR count). The Morgan fingerprint density at radius 3 is 2.53 bits per heavy atom. The fourth-order valence-corrected chi connectivity index (χ4v) is 2.22. The van der Waals surface area contributed by atoms with Crippen LogP contribution in [0.25, 0.3) is 0 Å². The van der Waals surface area contributed by atoms with E-state index in [0.717, 1.165) is 31.9 Å². The van der Waals surface area contributed by atoms with Crippen LogP contribution in [0, 0.1) is 0 Å². The molecule has 3 heterocycles. The number of nitrogens with one attached hydrogen (secondary N) is 1. The number of rotatable bonds is 1. The number of anilines is 1. The van der Waals surface area contributed by atoms with Crippen molar-refractivity contribution in [3.63, 3.8) is 0 Å². The lowest BCUT2D eigenvalue weighted by Gasteiger charge is -2.42. The van der Waals surface area contributed by atoms with Gasteiger partial charge in [-0.2, -0.15) is 0 Å². The Hall–Kier alpha value is -1.20. The number of hydrogen-bond donors (Lipinski definition) is 1. The van der Waals surface area contributed by atoms with Gasteiger partial charge in [0.15, 0.2) is 0 Å². The number of morpholine rings is 2. The van der Waals surface area contributed by atoms with Gasteiger partial charge in [0, 0.05) is 26.2 Å². The Bertz CT molecular complexity index is 319. The topological polar surface area (TPSA) is 50.3 Å². The highest BCUT2D eigenvalue weighted by atomic mass is 16.5. The summed E-state index contributed by atoms with van der Waals surface area (Å²) in [5.41, 5.74) is 1.10. The van der Waals surface area contributed by atoms with Crippen molar-refractivity contribution < 1.29 is 4.74 Å². The van der Waals surface area contributed by atoms with Gasteiger partial charge in [-0.25, -0.2) is 9.97 Å². The molecule has 1 aromatic rings. The zero-order valence-electron chi connectivity index (χ0n) is 8.47. The Balaban J connectivity index is 1.78. The third-order valence-corrected chi connectivity index (χ3v) is 2.89. The molecule has 5 nitrogen and oxygen atoms in total. The maximum Gasteiger partial charge on any atom is 0.115 e. The molecule has 0 radical (unpaired) electrons. The van der Waals surface area contributed by atoms with Gasteiger partial charge in [0.1, 0.15) is 6.33 Å². The van der Waals surface area contributed by atoms with Crippen LogP contribution in [0.1, 0.15) is 0 Å². The van der Waals surface area contributed by atoms with Gasteiger partial charge in [0.05, 0.1) is 30.3 Å². The summed E-state index contributed by atoms with van der Waals surface area (Å²) in [5, 5.41) is 3.38. The third kappa shape index (κ3) is 1.80. The van der Waals surface area contributed by atoms with E-state index in [2.05, 4.69) is 20.2 Å². The van der Waals surface area contributed by atoms with E-state index < -0.39 is 0 Å². The second-order valence-corrected chi connectivity index (χ2v) is 4.04. The molecule has 0 aromatic carbocycles. The number of aromatic nitrogens is 2. The Labute approximate surface area is 88.5 Å². The smallest absolute Gasteiger partial charge is 0.115 e. The summed E-state index contributed by atoms with van der Waals surface area (Å²) < 4.78 is 5.83. The maximum absolute atomic E-state index is 5.83. The van der Waals surface area contributed by atoms with Gasteiger partial charge in [0.25, 0.3) is 0 Å². The van der Waals surface area contributed by atoms with Crippen molar-refractivity contribution in [1.29, 1.82) is 0 Å². The highest BCUT2D eigenvalue weighted by molar-refractivity contribution is 5.42. The van der Waals surface area contributed by atoms with Gasteiger partial charge in [-0.15, -0.1) is 0 Å². The van der Waals surface area contributed by atoms with Gasteiger partial charge in [-0.1, -0.05) is 0 Å². The number of ether oxygens (including phenoxy) is 1. The molecule has 2 saturated heterocycles. The summed E-state index contributed by atoms with van der Waals surface area (Å²) in [7, 11) is 0. The molecular weight excluding hydrogens is 192 g/mol. The first-order valence-electron chi connectivity index (χ1n) is 5.28. The van der Waals surface area contributed by atoms with Crippen LogP contribution in [0.5, 0.6) is 0 Å². The van der Waals surface area contributed by atoms with E-state index in [1.54, 1.807) is 6.33 Å². The van der Waals surface area contributed by atoms with Crippen molar-refractivity contribution in [3.05, 3.63) is 18.7 Å². The lowest BCUT2D eigenvalue weighted by molar-refractivity contribution is -0.0484. The molecule has 0 aliphatic carbocycles. The second kappa shape index (κ2) is 3.75. The molecule has 0 saturated carbocycles. The van der Waals surface area contributed by atoms with E-state index in [4.69, 9.17) is 4.74 Å². The number of fused-ring (bicyclic) bond motifs is 2. The zero-order chi connectivity index (χ0) is 10.1. The van der Waals surface area contributed by atoms with E-state index in [-0.39, 0.29) is 0 Å². The average Bonchev–Trinajstić information content (AvgIpc) is 2.30. The number of hydrogen-bond acceptors (Lipinski definition) is 5. The summed E-state index contributed by atoms with van der Waals surface area (Å²) in [6.07, 6.45) is 5.89. The number of nitrogens with zero attached hydrogens (tertiary/aromatic N) is 3. The predicted molar refractivity (Wildman–Crippen MR) is 55.8 cm³/mol. The van der Waals surface area contributed by atoms with Crippen molar-refractivity contribution >= 4 is 5.69 Å². The van der Waals surface area contributed by atoms with Crippen LogP contribution in [0.4, 0.5) is 5.69 Å². The van der Waals surface area contributed by atoms with Crippen molar-refractivity contribution in [3.8, 4) is 0 Å². The molecule has 1 N–H and O–H groups in total. The summed E-state index contributed by atoms with van der Waals surface area (Å²) in [4.78, 5) is 10.4. The van der Waals surface area contributed by atoms with Crippen molar-refractivity contribution in [1.82, 2.24) is 15.3 Å². The van der Waals surface area contributed by atoms with E-state index in [0.29, 0.717) is 12.2 Å². The van der Waals surface area contributed by atoms with Gasteiger partial charge in [-0.05, 0) is 0 Å². The first kappa shape index (κ1) is 9.06. The summed E-state index contributed by atoms with van der Waals surface area (Å²) in [5.74, 6) is 0. The van der Waals surface area contributed by atoms with E-state index in [9.17, 15) is 0 Å². The SMILES string of the molecule is c1ncc(N2CC3CNCC(C2)O3)cn1. The molecule has 2 fully saturated rings. The Morgan fingerprint density at radius 2 is 1.87 bits per heavy atom. The largest absolute Gasteiger partial charge is 0.369 e. The Kier molecular flexibility index (Phi) is 2.26. The molecule has 80 valence electrons. The molecule has 2 bridgehead atoms. The van der Waals surface area contributed by atoms with Crippen LogP contribution in [-0.4, -0.2) is 48.4 Å². The summed E-state index contributed by atoms with van der Waals surface area (Å²) >= 11 is 0. The highest BCUT2D eigenvalue weighted by Crippen LogP contribution is 2.19. The second-order valence-electron chi connectivity index (χ2n) is 4.04. The minimum atomic E-state index is 0.303. The normalized spacial score (nSPS) is 30.3. The van der Waals surface area contributed by atoms with E-state index in [1.807, 2.05) is 12.4 Å². The van der Waals surface area contributed by atoms with Crippen LogP contribution in [0.3, 0.4) is 0 Å². The Morgan fingerprint density at radius 1 is 1.20 bits per heavy atom. The highest BCUT2D eigenvalue weighted by Gasteiger charge is 2.31. The van der Waals surface area contributed by atoms with E-state index >= 15 is 0 Å². The van der Waals surface area contributed by atoms with Gasteiger partial charge >= 0.3 is 0 Å². The molecule has 0 spiro atoms. The first-order valence-corrected chi connectivity index (χ1v) is 5.28. The average molecular weight is 206 g/mol. The molecule has 2 atom stereocenters. The maximum atomic E-state index is 5.83. The predicted octanol–water partition coefficient (Wildman–Crippen LogP) is -0.346.